The van der Waals surface area contributed by atoms with E-state index in [0.717, 1.165) is 18.7 Å². The van der Waals surface area contributed by atoms with Crippen LogP contribution in [-0.4, -0.2) is 53.0 Å². The maximum absolute atomic E-state index is 12.6. The van der Waals surface area contributed by atoms with Crippen molar-refractivity contribution in [2.24, 2.45) is 0 Å². The van der Waals surface area contributed by atoms with E-state index in [1.165, 1.54) is 0 Å². The predicted molar refractivity (Wildman–Crippen MR) is 97.0 cm³/mol. The van der Waals surface area contributed by atoms with E-state index < -0.39 is 5.60 Å². The molecule has 2 rings (SSSR count). The first kappa shape index (κ1) is 21.3. The second kappa shape index (κ2) is 9.70. The van der Waals surface area contributed by atoms with E-state index in [-0.39, 0.29) is 18.3 Å². The fraction of sp³-hybridized carbons (Fsp3) is 0.588. The standard InChI is InChI=1S/C17H26N2O5.ClH/c1-21-13-9-12(10-14(22-2)15(13)23-3)11-19-16(20)17(24-4)5-7-18-8-6-17;/h9-10,18H,5-8,11H2,1-4H3,(H,19,20);1H. The smallest absolute Gasteiger partial charge is 0.252 e. The Labute approximate surface area is 154 Å². The monoisotopic (exact) mass is 374 g/mol. The largest absolute Gasteiger partial charge is 0.493 e. The predicted octanol–water partition coefficient (Wildman–Crippen LogP) is 1.52. The van der Waals surface area contributed by atoms with Gasteiger partial charge < -0.3 is 29.6 Å². The van der Waals surface area contributed by atoms with Gasteiger partial charge in [-0.1, -0.05) is 0 Å². The van der Waals surface area contributed by atoms with E-state index >= 15 is 0 Å². The van der Waals surface area contributed by atoms with Gasteiger partial charge >= 0.3 is 0 Å². The van der Waals surface area contributed by atoms with E-state index in [4.69, 9.17) is 18.9 Å². The highest BCUT2D eigenvalue weighted by Crippen LogP contribution is 2.38. The third kappa shape index (κ3) is 4.68. The van der Waals surface area contributed by atoms with Crippen LogP contribution < -0.4 is 24.8 Å². The van der Waals surface area contributed by atoms with Crippen molar-refractivity contribution >= 4 is 18.3 Å². The number of methoxy groups -OCH3 is 4. The minimum absolute atomic E-state index is 0. The molecule has 1 heterocycles. The zero-order valence-corrected chi connectivity index (χ0v) is 16.0. The summed E-state index contributed by atoms with van der Waals surface area (Å²) in [6.07, 6.45) is 1.31. The van der Waals surface area contributed by atoms with Gasteiger partial charge in [0.1, 0.15) is 5.60 Å². The minimum Gasteiger partial charge on any atom is -0.493 e. The number of benzene rings is 1. The number of hydrogen-bond donors (Lipinski definition) is 2. The Balaban J connectivity index is 0.00000312. The number of nitrogens with one attached hydrogen (secondary N) is 2. The van der Waals surface area contributed by atoms with Gasteiger partial charge in [-0.05, 0) is 43.6 Å². The van der Waals surface area contributed by atoms with Crippen LogP contribution in [0.3, 0.4) is 0 Å². The van der Waals surface area contributed by atoms with Gasteiger partial charge in [-0.2, -0.15) is 0 Å². The summed E-state index contributed by atoms with van der Waals surface area (Å²) in [5, 5.41) is 6.20. The molecule has 8 heteroatoms. The third-order valence-electron chi connectivity index (χ3n) is 4.39. The number of piperidine rings is 1. The summed E-state index contributed by atoms with van der Waals surface area (Å²) < 4.78 is 21.5. The van der Waals surface area contributed by atoms with Crippen molar-refractivity contribution in [3.8, 4) is 17.2 Å². The van der Waals surface area contributed by atoms with Gasteiger partial charge in [-0.3, -0.25) is 4.79 Å². The summed E-state index contributed by atoms with van der Waals surface area (Å²) in [4.78, 5) is 12.6. The van der Waals surface area contributed by atoms with Crippen molar-refractivity contribution < 1.29 is 23.7 Å². The highest BCUT2D eigenvalue weighted by atomic mass is 35.5. The van der Waals surface area contributed by atoms with Crippen molar-refractivity contribution in [2.75, 3.05) is 41.5 Å². The van der Waals surface area contributed by atoms with Crippen LogP contribution in [0.25, 0.3) is 0 Å². The molecule has 2 N–H and O–H groups in total. The molecule has 1 aliphatic rings. The second-order valence-corrected chi connectivity index (χ2v) is 5.66. The summed E-state index contributed by atoms with van der Waals surface area (Å²) >= 11 is 0. The topological polar surface area (TPSA) is 78.1 Å². The van der Waals surface area contributed by atoms with Gasteiger partial charge in [0, 0.05) is 13.7 Å². The molecule has 0 bridgehead atoms. The van der Waals surface area contributed by atoms with Crippen LogP contribution in [0.2, 0.25) is 0 Å². The maximum Gasteiger partial charge on any atom is 0.252 e. The second-order valence-electron chi connectivity index (χ2n) is 5.66. The molecule has 0 aliphatic carbocycles. The van der Waals surface area contributed by atoms with Gasteiger partial charge in [-0.25, -0.2) is 0 Å². The van der Waals surface area contributed by atoms with Crippen LogP contribution in [0.15, 0.2) is 12.1 Å². The summed E-state index contributed by atoms with van der Waals surface area (Å²) in [5.41, 5.74) is 0.101. The summed E-state index contributed by atoms with van der Waals surface area (Å²) in [6, 6.07) is 3.65. The van der Waals surface area contributed by atoms with Crippen molar-refractivity contribution in [3.63, 3.8) is 0 Å². The Hall–Kier alpha value is -1.70. The van der Waals surface area contributed by atoms with Gasteiger partial charge in [0.2, 0.25) is 5.75 Å². The first-order valence-electron chi connectivity index (χ1n) is 7.93. The van der Waals surface area contributed by atoms with Crippen molar-refractivity contribution in [3.05, 3.63) is 17.7 Å². The number of amides is 1. The van der Waals surface area contributed by atoms with Crippen LogP contribution >= 0.6 is 12.4 Å². The first-order chi connectivity index (χ1) is 11.6. The molecule has 7 nitrogen and oxygen atoms in total. The van der Waals surface area contributed by atoms with Crippen LogP contribution in [0, 0.1) is 0 Å². The molecule has 1 aromatic carbocycles. The molecule has 0 radical (unpaired) electrons. The average molecular weight is 375 g/mol. The van der Waals surface area contributed by atoms with Crippen molar-refractivity contribution in [2.45, 2.75) is 25.0 Å². The zero-order valence-electron chi connectivity index (χ0n) is 15.1. The average Bonchev–Trinajstić information content (AvgIpc) is 2.65. The van der Waals surface area contributed by atoms with Gasteiger partial charge in [-0.15, -0.1) is 12.4 Å². The highest BCUT2D eigenvalue weighted by Gasteiger charge is 2.39. The summed E-state index contributed by atoms with van der Waals surface area (Å²) in [6.45, 7) is 1.89. The van der Waals surface area contributed by atoms with E-state index in [1.807, 2.05) is 12.1 Å². The molecule has 0 atom stereocenters. The molecule has 0 saturated carbocycles. The lowest BCUT2D eigenvalue weighted by Crippen LogP contribution is -2.53. The molecule has 1 amide bonds. The molecule has 1 fully saturated rings. The Bertz CT molecular complexity index is 551. The van der Waals surface area contributed by atoms with Crippen LogP contribution in [-0.2, 0) is 16.1 Å². The molecular formula is C17H27ClN2O5. The quantitative estimate of drug-likeness (QED) is 0.753. The van der Waals surface area contributed by atoms with Gasteiger partial charge in [0.15, 0.2) is 11.5 Å². The number of carbonyl (C=O) groups is 1. The van der Waals surface area contributed by atoms with Gasteiger partial charge in [0.05, 0.1) is 21.3 Å². The van der Waals surface area contributed by atoms with Crippen LogP contribution in [0.1, 0.15) is 18.4 Å². The summed E-state index contributed by atoms with van der Waals surface area (Å²) in [5.74, 6) is 1.55. The molecule has 1 aliphatic heterocycles. The Morgan fingerprint density at radius 2 is 1.64 bits per heavy atom. The first-order valence-corrected chi connectivity index (χ1v) is 7.93. The lowest BCUT2D eigenvalue weighted by Gasteiger charge is -2.34. The Morgan fingerprint density at radius 1 is 1.08 bits per heavy atom. The maximum atomic E-state index is 12.6. The number of carbonyl (C=O) groups excluding carboxylic acids is 1. The molecule has 0 aromatic heterocycles. The molecular weight excluding hydrogens is 348 g/mol. The van der Waals surface area contributed by atoms with Crippen molar-refractivity contribution in [1.29, 1.82) is 0 Å². The summed E-state index contributed by atoms with van der Waals surface area (Å²) in [7, 11) is 6.27. The molecule has 25 heavy (non-hydrogen) atoms. The SMILES string of the molecule is COc1cc(CNC(=O)C2(OC)CCNCC2)cc(OC)c1OC.Cl. The highest BCUT2D eigenvalue weighted by molar-refractivity contribution is 5.85. The minimum atomic E-state index is -0.758. The lowest BCUT2D eigenvalue weighted by atomic mass is 9.91. The van der Waals surface area contributed by atoms with Crippen LogP contribution in [0.5, 0.6) is 17.2 Å². The number of hydrogen-bond acceptors (Lipinski definition) is 6. The molecule has 1 aromatic rings. The molecule has 0 spiro atoms. The third-order valence-corrected chi connectivity index (χ3v) is 4.39. The van der Waals surface area contributed by atoms with E-state index in [1.54, 1.807) is 28.4 Å². The molecule has 142 valence electrons. The Kier molecular flexibility index (Phi) is 8.28. The lowest BCUT2D eigenvalue weighted by molar-refractivity contribution is -0.146. The fourth-order valence-electron chi connectivity index (χ4n) is 2.94. The molecule has 1 saturated heterocycles. The van der Waals surface area contributed by atoms with Gasteiger partial charge in [0.25, 0.3) is 5.91 Å². The van der Waals surface area contributed by atoms with E-state index in [2.05, 4.69) is 10.6 Å². The zero-order chi connectivity index (χ0) is 17.6. The van der Waals surface area contributed by atoms with E-state index in [0.29, 0.717) is 36.6 Å². The number of halogens is 1. The van der Waals surface area contributed by atoms with E-state index in [9.17, 15) is 4.79 Å². The van der Waals surface area contributed by atoms with Crippen molar-refractivity contribution in [1.82, 2.24) is 10.6 Å². The Morgan fingerprint density at radius 3 is 2.08 bits per heavy atom. The normalized spacial score (nSPS) is 15.7. The van der Waals surface area contributed by atoms with Crippen LogP contribution in [0.4, 0.5) is 0 Å². The number of ether oxygens (including phenoxy) is 4. The molecule has 0 unspecified atom stereocenters. The fourth-order valence-corrected chi connectivity index (χ4v) is 2.94. The number of rotatable bonds is 7.